The Labute approximate surface area is 124 Å². The summed E-state index contributed by atoms with van der Waals surface area (Å²) in [5, 5.41) is 17.2. The molecule has 5 nitrogen and oxygen atoms in total. The van der Waals surface area contributed by atoms with Gasteiger partial charge in [0.05, 0.1) is 12.6 Å². The van der Waals surface area contributed by atoms with Gasteiger partial charge in [0, 0.05) is 24.1 Å². The number of anilines is 1. The maximum Gasteiger partial charge on any atom is 0.220 e. The molecule has 3 atom stereocenters. The summed E-state index contributed by atoms with van der Waals surface area (Å²) in [7, 11) is 0. The summed E-state index contributed by atoms with van der Waals surface area (Å²) < 4.78 is 5.73. The molecule has 114 valence electrons. The lowest BCUT2D eigenvalue weighted by Gasteiger charge is -2.39. The van der Waals surface area contributed by atoms with Crippen molar-refractivity contribution in [2.45, 2.75) is 44.6 Å². The zero-order valence-electron chi connectivity index (χ0n) is 12.4. The number of hydrogen-bond donors (Lipinski definition) is 3. The number of rotatable bonds is 3. The van der Waals surface area contributed by atoms with Crippen LogP contribution in [0.1, 0.15) is 32.3 Å². The number of carbonyl (C=O) groups excluding carboxylic acids is 1. The van der Waals surface area contributed by atoms with Crippen molar-refractivity contribution in [2.75, 3.05) is 11.9 Å². The Morgan fingerprint density at radius 1 is 1.52 bits per heavy atom. The first kappa shape index (κ1) is 14.4. The predicted octanol–water partition coefficient (Wildman–Crippen LogP) is 1.58. The van der Waals surface area contributed by atoms with Gasteiger partial charge in [-0.2, -0.15) is 0 Å². The number of amides is 1. The van der Waals surface area contributed by atoms with Crippen LogP contribution in [0.3, 0.4) is 0 Å². The minimum absolute atomic E-state index is 0.0138. The van der Waals surface area contributed by atoms with Gasteiger partial charge in [-0.1, -0.05) is 32.0 Å². The lowest BCUT2D eigenvalue weighted by molar-refractivity contribution is -0.147. The Bertz CT molecular complexity index is 546. The van der Waals surface area contributed by atoms with Crippen LogP contribution in [0, 0.1) is 5.92 Å². The summed E-state index contributed by atoms with van der Waals surface area (Å²) in [5.41, 5.74) is 0.668. The summed E-state index contributed by atoms with van der Waals surface area (Å²) in [6.45, 7) is 4.44. The molecule has 1 saturated heterocycles. The molecule has 0 radical (unpaired) electrons. The lowest BCUT2D eigenvalue weighted by Crippen LogP contribution is -2.54. The molecule has 2 heterocycles. The fourth-order valence-corrected chi connectivity index (χ4v) is 3.18. The average molecular weight is 290 g/mol. The van der Waals surface area contributed by atoms with E-state index >= 15 is 0 Å². The molecule has 1 unspecified atom stereocenters. The Hall–Kier alpha value is -1.59. The molecule has 21 heavy (non-hydrogen) atoms. The molecule has 3 N–H and O–H groups in total. The number of fused-ring (bicyclic) bond motifs is 3. The van der Waals surface area contributed by atoms with Crippen LogP contribution >= 0.6 is 0 Å². The fraction of sp³-hybridized carbons (Fsp3) is 0.562. The van der Waals surface area contributed by atoms with Gasteiger partial charge >= 0.3 is 0 Å². The van der Waals surface area contributed by atoms with Gasteiger partial charge < -0.3 is 20.5 Å². The zero-order valence-corrected chi connectivity index (χ0v) is 12.4. The molecule has 2 aliphatic rings. The molecular weight excluding hydrogens is 268 g/mol. The molecular formula is C16H22N2O3. The number of nitrogens with one attached hydrogen (secondary N) is 2. The van der Waals surface area contributed by atoms with Gasteiger partial charge in [-0.05, 0) is 12.0 Å². The van der Waals surface area contributed by atoms with E-state index in [1.165, 1.54) is 0 Å². The lowest BCUT2D eigenvalue weighted by atomic mass is 9.86. The molecule has 1 amide bonds. The van der Waals surface area contributed by atoms with Crippen LogP contribution in [0.4, 0.5) is 5.69 Å². The predicted molar refractivity (Wildman–Crippen MR) is 79.7 cm³/mol. The van der Waals surface area contributed by atoms with Crippen molar-refractivity contribution in [1.29, 1.82) is 0 Å². The molecule has 2 aliphatic heterocycles. The summed E-state index contributed by atoms with van der Waals surface area (Å²) in [6, 6.07) is 7.51. The van der Waals surface area contributed by atoms with Gasteiger partial charge in [-0.25, -0.2) is 0 Å². The van der Waals surface area contributed by atoms with Crippen molar-refractivity contribution in [1.82, 2.24) is 5.32 Å². The number of hydrogen-bond acceptors (Lipinski definition) is 4. The van der Waals surface area contributed by atoms with E-state index in [4.69, 9.17) is 4.74 Å². The molecule has 5 heteroatoms. The van der Waals surface area contributed by atoms with Gasteiger partial charge in [0.15, 0.2) is 6.23 Å². The van der Waals surface area contributed by atoms with E-state index < -0.39 is 11.8 Å². The summed E-state index contributed by atoms with van der Waals surface area (Å²) in [5.74, 6) is 0.333. The van der Waals surface area contributed by atoms with Crippen LogP contribution in [0.5, 0.6) is 0 Å². The summed E-state index contributed by atoms with van der Waals surface area (Å²) >= 11 is 0. The summed E-state index contributed by atoms with van der Waals surface area (Å²) in [6.07, 6.45) is 0.520. The van der Waals surface area contributed by atoms with E-state index in [9.17, 15) is 9.90 Å². The van der Waals surface area contributed by atoms with E-state index in [1.807, 2.05) is 38.1 Å². The molecule has 0 saturated carbocycles. The van der Waals surface area contributed by atoms with Gasteiger partial charge in [-0.15, -0.1) is 0 Å². The highest BCUT2D eigenvalue weighted by molar-refractivity contribution is 5.76. The normalized spacial score (nSPS) is 30.5. The van der Waals surface area contributed by atoms with E-state index in [0.29, 0.717) is 25.4 Å². The number of ether oxygens (including phenoxy) is 1. The SMILES string of the molecule is CC(C)CC(=O)NC1CO[C@@H]2Nc3ccccc3[C@]2(O)C1. The Morgan fingerprint density at radius 2 is 2.29 bits per heavy atom. The third kappa shape index (κ3) is 2.63. The van der Waals surface area contributed by atoms with Crippen LogP contribution < -0.4 is 10.6 Å². The number of para-hydroxylation sites is 1. The second-order valence-electron chi connectivity index (χ2n) is 6.39. The third-order valence-corrected chi connectivity index (χ3v) is 4.09. The van der Waals surface area contributed by atoms with E-state index in [-0.39, 0.29) is 11.9 Å². The first-order chi connectivity index (χ1) is 9.99. The molecule has 1 aromatic rings. The monoisotopic (exact) mass is 290 g/mol. The Morgan fingerprint density at radius 3 is 3.05 bits per heavy atom. The quantitative estimate of drug-likeness (QED) is 0.790. The topological polar surface area (TPSA) is 70.6 Å². The smallest absolute Gasteiger partial charge is 0.220 e. The van der Waals surface area contributed by atoms with E-state index in [1.54, 1.807) is 0 Å². The highest BCUT2D eigenvalue weighted by atomic mass is 16.5. The van der Waals surface area contributed by atoms with Crippen LogP contribution in [-0.4, -0.2) is 29.9 Å². The molecule has 1 aromatic carbocycles. The average Bonchev–Trinajstić information content (AvgIpc) is 2.70. The maximum absolute atomic E-state index is 11.9. The van der Waals surface area contributed by atoms with Gasteiger partial charge in [0.1, 0.15) is 5.60 Å². The molecule has 0 spiro atoms. The van der Waals surface area contributed by atoms with Crippen molar-refractivity contribution in [2.24, 2.45) is 5.92 Å². The molecule has 0 aliphatic carbocycles. The van der Waals surface area contributed by atoms with Crippen LogP contribution in [0.25, 0.3) is 0 Å². The van der Waals surface area contributed by atoms with Gasteiger partial charge in [0.25, 0.3) is 0 Å². The second kappa shape index (κ2) is 5.31. The standard InChI is InChI=1S/C16H22N2O3/c1-10(2)7-14(19)17-11-8-16(20)12-5-3-4-6-13(12)18-15(16)21-9-11/h3-6,10-11,15,18,20H,7-9H2,1-2H3,(H,17,19)/t11?,15-,16+/m0/s1. The van der Waals surface area contributed by atoms with Gasteiger partial charge in [-0.3, -0.25) is 4.79 Å². The first-order valence-electron chi connectivity index (χ1n) is 7.48. The maximum atomic E-state index is 11.9. The number of benzene rings is 1. The van der Waals surface area contributed by atoms with Crippen LogP contribution in [0.15, 0.2) is 24.3 Å². The van der Waals surface area contributed by atoms with Gasteiger partial charge in [0.2, 0.25) is 5.91 Å². The van der Waals surface area contributed by atoms with Crippen molar-refractivity contribution in [3.05, 3.63) is 29.8 Å². The zero-order chi connectivity index (χ0) is 15.0. The van der Waals surface area contributed by atoms with Crippen molar-refractivity contribution >= 4 is 11.6 Å². The molecule has 1 fully saturated rings. The van der Waals surface area contributed by atoms with E-state index in [2.05, 4.69) is 10.6 Å². The Kier molecular flexibility index (Phi) is 3.63. The van der Waals surface area contributed by atoms with Crippen molar-refractivity contribution in [3.8, 4) is 0 Å². The van der Waals surface area contributed by atoms with Crippen LogP contribution in [0.2, 0.25) is 0 Å². The minimum Gasteiger partial charge on any atom is -0.380 e. The fourth-order valence-electron chi connectivity index (χ4n) is 3.18. The van der Waals surface area contributed by atoms with Crippen molar-refractivity contribution in [3.63, 3.8) is 0 Å². The number of carbonyl (C=O) groups is 1. The minimum atomic E-state index is -1.08. The van der Waals surface area contributed by atoms with E-state index in [0.717, 1.165) is 11.3 Å². The van der Waals surface area contributed by atoms with Crippen molar-refractivity contribution < 1.29 is 14.6 Å². The Balaban J connectivity index is 1.73. The number of aliphatic hydroxyl groups is 1. The third-order valence-electron chi connectivity index (χ3n) is 4.09. The van der Waals surface area contributed by atoms with Crippen LogP contribution in [-0.2, 0) is 15.1 Å². The summed E-state index contributed by atoms with van der Waals surface area (Å²) in [4.78, 5) is 11.9. The largest absolute Gasteiger partial charge is 0.380 e. The second-order valence-corrected chi connectivity index (χ2v) is 6.39. The molecule has 0 bridgehead atoms. The highest BCUT2D eigenvalue weighted by Crippen LogP contribution is 2.44. The molecule has 0 aromatic heterocycles. The first-order valence-corrected chi connectivity index (χ1v) is 7.48. The highest BCUT2D eigenvalue weighted by Gasteiger charge is 2.50. The molecule has 3 rings (SSSR count).